The summed E-state index contributed by atoms with van der Waals surface area (Å²) in [6.07, 6.45) is 10.4. The predicted octanol–water partition coefficient (Wildman–Crippen LogP) is 2.95. The van der Waals surface area contributed by atoms with Crippen LogP contribution in [0.25, 0.3) is 0 Å². The highest BCUT2D eigenvalue weighted by Crippen LogP contribution is 2.57. The summed E-state index contributed by atoms with van der Waals surface area (Å²) >= 11 is 0. The predicted molar refractivity (Wildman–Crippen MR) is 56.8 cm³/mol. The Bertz CT molecular complexity index is 168. The molecule has 0 aromatic rings. The Morgan fingerprint density at radius 3 is 2.46 bits per heavy atom. The van der Waals surface area contributed by atoms with Crippen molar-refractivity contribution in [2.75, 3.05) is 7.05 Å². The van der Waals surface area contributed by atoms with Gasteiger partial charge in [0.15, 0.2) is 0 Å². The molecule has 0 aromatic carbocycles. The van der Waals surface area contributed by atoms with E-state index in [1.807, 2.05) is 0 Å². The SMILES string of the molecule is CCC(NC)C1CCCC12CCC2. The molecule has 2 unspecified atom stereocenters. The van der Waals surface area contributed by atoms with Gasteiger partial charge in [-0.05, 0) is 50.5 Å². The fraction of sp³-hybridized carbons (Fsp3) is 1.00. The Kier molecular flexibility index (Phi) is 2.64. The molecule has 1 nitrogen and oxygen atoms in total. The Balaban J connectivity index is 2.04. The van der Waals surface area contributed by atoms with E-state index in [-0.39, 0.29) is 0 Å². The first-order valence-electron chi connectivity index (χ1n) is 5.99. The highest BCUT2D eigenvalue weighted by atomic mass is 14.9. The maximum atomic E-state index is 3.52. The highest BCUT2D eigenvalue weighted by molar-refractivity contribution is 5.01. The molecule has 2 fully saturated rings. The second-order valence-corrected chi connectivity index (χ2v) is 5.02. The summed E-state index contributed by atoms with van der Waals surface area (Å²) in [7, 11) is 2.14. The average Bonchev–Trinajstić information content (AvgIpc) is 2.50. The van der Waals surface area contributed by atoms with Crippen molar-refractivity contribution in [1.82, 2.24) is 5.32 Å². The van der Waals surface area contributed by atoms with Crippen LogP contribution >= 0.6 is 0 Å². The Morgan fingerprint density at radius 2 is 2.00 bits per heavy atom. The van der Waals surface area contributed by atoms with Crippen LogP contribution in [0.15, 0.2) is 0 Å². The van der Waals surface area contributed by atoms with Crippen LogP contribution in [-0.2, 0) is 0 Å². The molecule has 2 aliphatic carbocycles. The van der Waals surface area contributed by atoms with Crippen molar-refractivity contribution < 1.29 is 0 Å². The molecule has 0 aromatic heterocycles. The second-order valence-electron chi connectivity index (χ2n) is 5.02. The fourth-order valence-corrected chi connectivity index (χ4v) is 3.74. The van der Waals surface area contributed by atoms with Gasteiger partial charge in [0.2, 0.25) is 0 Å². The van der Waals surface area contributed by atoms with E-state index in [9.17, 15) is 0 Å². The van der Waals surface area contributed by atoms with Crippen LogP contribution in [0.5, 0.6) is 0 Å². The van der Waals surface area contributed by atoms with Crippen LogP contribution in [0.4, 0.5) is 0 Å². The largest absolute Gasteiger partial charge is 0.317 e. The van der Waals surface area contributed by atoms with E-state index in [0.29, 0.717) is 0 Å². The summed E-state index contributed by atoms with van der Waals surface area (Å²) in [5.41, 5.74) is 0.795. The van der Waals surface area contributed by atoms with Crippen LogP contribution in [0, 0.1) is 11.3 Å². The summed E-state index contributed by atoms with van der Waals surface area (Å²) in [4.78, 5) is 0. The van der Waals surface area contributed by atoms with Crippen molar-refractivity contribution in [3.63, 3.8) is 0 Å². The van der Waals surface area contributed by atoms with Crippen molar-refractivity contribution in [3.05, 3.63) is 0 Å². The van der Waals surface area contributed by atoms with Gasteiger partial charge in [-0.1, -0.05) is 19.8 Å². The molecule has 0 amide bonds. The van der Waals surface area contributed by atoms with Crippen LogP contribution in [-0.4, -0.2) is 13.1 Å². The molecule has 0 bridgehead atoms. The molecular formula is C12H23N. The molecular weight excluding hydrogens is 158 g/mol. The van der Waals surface area contributed by atoms with Gasteiger partial charge in [0.25, 0.3) is 0 Å². The third kappa shape index (κ3) is 1.41. The van der Waals surface area contributed by atoms with E-state index in [0.717, 1.165) is 17.4 Å². The molecule has 2 rings (SSSR count). The summed E-state index contributed by atoms with van der Waals surface area (Å²) in [5.74, 6) is 0.997. The van der Waals surface area contributed by atoms with E-state index >= 15 is 0 Å². The zero-order valence-corrected chi connectivity index (χ0v) is 9.10. The van der Waals surface area contributed by atoms with Gasteiger partial charge < -0.3 is 5.32 Å². The van der Waals surface area contributed by atoms with Crippen molar-refractivity contribution in [2.45, 2.75) is 57.9 Å². The molecule has 1 heteroatoms. The summed E-state index contributed by atoms with van der Waals surface area (Å²) in [5, 5.41) is 3.52. The van der Waals surface area contributed by atoms with Crippen molar-refractivity contribution in [1.29, 1.82) is 0 Å². The minimum absolute atomic E-state index is 0.794. The fourth-order valence-electron chi connectivity index (χ4n) is 3.74. The van der Waals surface area contributed by atoms with Crippen molar-refractivity contribution >= 4 is 0 Å². The molecule has 0 heterocycles. The van der Waals surface area contributed by atoms with Crippen LogP contribution in [0.2, 0.25) is 0 Å². The molecule has 1 N–H and O–H groups in total. The van der Waals surface area contributed by atoms with E-state index < -0.39 is 0 Å². The molecule has 0 radical (unpaired) electrons. The molecule has 2 atom stereocenters. The normalized spacial score (nSPS) is 33.2. The van der Waals surface area contributed by atoms with Gasteiger partial charge in [0.05, 0.1) is 0 Å². The van der Waals surface area contributed by atoms with E-state index in [1.165, 1.54) is 44.9 Å². The zero-order chi connectivity index (χ0) is 9.31. The maximum Gasteiger partial charge on any atom is 0.00950 e. The number of nitrogens with one attached hydrogen (secondary N) is 1. The average molecular weight is 181 g/mol. The van der Waals surface area contributed by atoms with Crippen LogP contribution in [0.3, 0.4) is 0 Å². The first kappa shape index (κ1) is 9.51. The smallest absolute Gasteiger partial charge is 0.00950 e. The molecule has 76 valence electrons. The van der Waals surface area contributed by atoms with Gasteiger partial charge in [-0.15, -0.1) is 0 Å². The third-order valence-electron chi connectivity index (χ3n) is 4.62. The van der Waals surface area contributed by atoms with Gasteiger partial charge >= 0.3 is 0 Å². The van der Waals surface area contributed by atoms with Gasteiger partial charge in [-0.2, -0.15) is 0 Å². The monoisotopic (exact) mass is 181 g/mol. The summed E-state index contributed by atoms with van der Waals surface area (Å²) < 4.78 is 0. The standard InChI is InChI=1S/C12H23N/c1-3-11(13-2)10-6-4-7-12(10)8-5-9-12/h10-11,13H,3-9H2,1-2H3. The quantitative estimate of drug-likeness (QED) is 0.706. The van der Waals surface area contributed by atoms with Crippen LogP contribution in [0.1, 0.15) is 51.9 Å². The first-order chi connectivity index (χ1) is 6.32. The summed E-state index contributed by atoms with van der Waals surface area (Å²) in [6, 6.07) is 0.794. The Morgan fingerprint density at radius 1 is 1.31 bits per heavy atom. The number of hydrogen-bond acceptors (Lipinski definition) is 1. The van der Waals surface area contributed by atoms with E-state index in [4.69, 9.17) is 0 Å². The number of hydrogen-bond donors (Lipinski definition) is 1. The first-order valence-corrected chi connectivity index (χ1v) is 5.99. The van der Waals surface area contributed by atoms with Gasteiger partial charge in [-0.3, -0.25) is 0 Å². The van der Waals surface area contributed by atoms with E-state index in [1.54, 1.807) is 0 Å². The minimum atomic E-state index is 0.794. The lowest BCUT2D eigenvalue weighted by Gasteiger charge is -2.46. The van der Waals surface area contributed by atoms with Crippen molar-refractivity contribution in [2.24, 2.45) is 11.3 Å². The van der Waals surface area contributed by atoms with Crippen LogP contribution < -0.4 is 5.32 Å². The lowest BCUT2D eigenvalue weighted by Crippen LogP contribution is -2.44. The molecule has 2 aliphatic rings. The summed E-state index contributed by atoms with van der Waals surface area (Å²) in [6.45, 7) is 2.33. The zero-order valence-electron chi connectivity index (χ0n) is 9.10. The van der Waals surface area contributed by atoms with Gasteiger partial charge in [-0.25, -0.2) is 0 Å². The third-order valence-corrected chi connectivity index (χ3v) is 4.62. The van der Waals surface area contributed by atoms with Gasteiger partial charge in [0, 0.05) is 6.04 Å². The lowest BCUT2D eigenvalue weighted by molar-refractivity contribution is 0.0548. The van der Waals surface area contributed by atoms with Crippen molar-refractivity contribution in [3.8, 4) is 0 Å². The lowest BCUT2D eigenvalue weighted by atomic mass is 9.60. The minimum Gasteiger partial charge on any atom is -0.317 e. The maximum absolute atomic E-state index is 3.52. The topological polar surface area (TPSA) is 12.0 Å². The molecule has 0 saturated heterocycles. The molecule has 13 heavy (non-hydrogen) atoms. The Hall–Kier alpha value is -0.0400. The second kappa shape index (κ2) is 3.61. The number of rotatable bonds is 3. The highest BCUT2D eigenvalue weighted by Gasteiger charge is 2.48. The molecule has 2 saturated carbocycles. The molecule has 0 aliphatic heterocycles. The Labute approximate surface area is 82.3 Å². The van der Waals surface area contributed by atoms with E-state index in [2.05, 4.69) is 19.3 Å². The molecule has 1 spiro atoms. The van der Waals surface area contributed by atoms with Gasteiger partial charge in [0.1, 0.15) is 0 Å².